The molecule has 2 aromatic heterocycles. The Bertz CT molecular complexity index is 7620. The van der Waals surface area contributed by atoms with Gasteiger partial charge in [0.1, 0.15) is 0 Å². The highest BCUT2D eigenvalue weighted by Crippen LogP contribution is 2.56. The van der Waals surface area contributed by atoms with E-state index >= 15 is 0 Å². The Labute approximate surface area is 671 Å². The molecular weight excluding hydrogens is 1290 g/mol. The van der Waals surface area contributed by atoms with E-state index in [0.717, 1.165) is 20.3 Å². The van der Waals surface area contributed by atoms with Crippen LogP contribution in [0.1, 0.15) is 120 Å². The molecule has 0 saturated heterocycles. The molecule has 0 spiro atoms. The van der Waals surface area contributed by atoms with Crippen LogP contribution in [0.4, 0.5) is 34.1 Å². The summed E-state index contributed by atoms with van der Waals surface area (Å²) in [6, 6.07) is 22.9. The molecule has 2 aliphatic heterocycles. The molecule has 0 aliphatic carbocycles. The van der Waals surface area contributed by atoms with E-state index in [1.165, 1.54) is 0 Å². The Kier molecular flexibility index (Phi) is 9.57. The molecule has 0 fully saturated rings. The van der Waals surface area contributed by atoms with Crippen molar-refractivity contribution in [3.63, 3.8) is 0 Å². The fourth-order valence-corrected chi connectivity index (χ4v) is 15.3. The molecule has 514 valence electrons. The lowest BCUT2D eigenvalue weighted by molar-refractivity contribution is 0.590. The van der Waals surface area contributed by atoms with Crippen molar-refractivity contribution >= 4 is 101 Å². The lowest BCUT2D eigenvalue weighted by Crippen LogP contribution is -2.61. The van der Waals surface area contributed by atoms with E-state index in [-0.39, 0.29) is 39.1 Å². The van der Waals surface area contributed by atoms with Crippen LogP contribution in [0.5, 0.6) is 0 Å². The quantitative estimate of drug-likeness (QED) is 0.127. The van der Waals surface area contributed by atoms with Crippen molar-refractivity contribution in [1.29, 1.82) is 0 Å². The van der Waals surface area contributed by atoms with Gasteiger partial charge >= 0.3 is 0 Å². The van der Waals surface area contributed by atoms with Gasteiger partial charge in [0, 0.05) is 77.9 Å². The van der Waals surface area contributed by atoms with E-state index in [4.69, 9.17) is 8.22 Å². The Hall–Kier alpha value is -12.4. The van der Waals surface area contributed by atoms with Crippen LogP contribution in [0.2, 0.25) is 0 Å². The summed E-state index contributed by atoms with van der Waals surface area (Å²) < 4.78 is 301. The molecule has 17 aromatic rings. The molecule has 4 heterocycles. The molecule has 0 amide bonds. The third-order valence-corrected chi connectivity index (χ3v) is 20.5. The Morgan fingerprint density at radius 1 is 0.280 bits per heavy atom. The van der Waals surface area contributed by atoms with Crippen LogP contribution in [-0.2, 0) is 16.2 Å². The topological polar surface area (TPSA) is 16.3 Å². The Balaban J connectivity index is 1.10. The Morgan fingerprint density at radius 3 is 0.944 bits per heavy atom. The Morgan fingerprint density at radius 2 is 0.598 bits per heavy atom. The zero-order valence-electron chi connectivity index (χ0n) is 89.9. The summed E-state index contributed by atoms with van der Waals surface area (Å²) in [7, 11) is 0. The molecule has 107 heavy (non-hydrogen) atoms. The van der Waals surface area contributed by atoms with Gasteiger partial charge in [-0.1, -0.05) is 317 Å². The highest BCUT2D eigenvalue weighted by atomic mass is 15.2. The number of benzene rings is 15. The van der Waals surface area contributed by atoms with Crippen LogP contribution in [0.3, 0.4) is 0 Å². The fraction of sp³-hybridized carbons (Fsp3) is 0.118. The predicted molar refractivity (Wildman–Crippen MR) is 458 cm³/mol. The van der Waals surface area contributed by atoms with Gasteiger partial charge in [-0.3, -0.25) is 0 Å². The summed E-state index contributed by atoms with van der Waals surface area (Å²) in [6.07, 6.45) is 0. The maximum atomic E-state index is 12.0. The lowest BCUT2D eigenvalue weighted by Gasteiger charge is -2.47. The van der Waals surface area contributed by atoms with Crippen molar-refractivity contribution in [2.45, 2.75) is 78.6 Å². The van der Waals surface area contributed by atoms with Crippen LogP contribution < -0.4 is 26.2 Å². The number of rotatable bonds is 10. The van der Waals surface area contributed by atoms with E-state index in [1.54, 1.807) is 9.80 Å². The fourth-order valence-electron chi connectivity index (χ4n) is 15.3. The molecule has 0 bridgehead atoms. The van der Waals surface area contributed by atoms with Crippen molar-refractivity contribution in [3.05, 3.63) is 356 Å². The summed E-state index contributed by atoms with van der Waals surface area (Å²) in [5.41, 5.74) is -2.36. The summed E-state index contributed by atoms with van der Waals surface area (Å²) in [5.74, 6) is 0. The van der Waals surface area contributed by atoms with Gasteiger partial charge in [0.05, 0.1) is 74.6 Å². The highest BCUT2D eigenvalue weighted by molar-refractivity contribution is 7.00. The molecular formula is C102H83BN4. The number of nitrogens with zero attached hydrogens (tertiary/aromatic N) is 4. The molecule has 0 N–H and O–H groups in total. The number of hydrogen-bond acceptors (Lipinski definition) is 2. The first-order valence-electron chi connectivity index (χ1n) is 50.4. The average Bonchev–Trinajstić information content (AvgIpc) is 1.60. The summed E-state index contributed by atoms with van der Waals surface area (Å²) in [4.78, 5) is 3.61. The van der Waals surface area contributed by atoms with Gasteiger partial charge in [0.2, 0.25) is 0 Å². The van der Waals surface area contributed by atoms with Crippen LogP contribution in [0.25, 0.3) is 122 Å². The third kappa shape index (κ3) is 10.8. The third-order valence-electron chi connectivity index (χ3n) is 20.5. The number of hydrogen-bond donors (Lipinski definition) is 0. The SMILES string of the molecule is [2H]c1c([2H])c([2H])c(-c2c([2H])c([2H])c([2H])c3c2c2c([2H])c([2H])c([2H])c([2H])c2n3-c2c([2H])c([2H])c3c(c2[2H])N(c2c(-c4ccccc4)cc(C(C)(C)C)cc2-c2ccccc2)c2cc(C(C)(C)C)cc4c2B3c2c([2H])c([2H])c(-n3c5c([2H])c([2H])c([2H])c([2H])c5c5c(-c6c([2H])c([2H])c([2H])c([2H])c6[2H])c([2H])c([2H])c([2H])c53)c([2H])c2N4c2c(-c3ccccc3)cc(C(C)(C)C)cc2-c2ccccc2)c([2H])c1[2H]. The van der Waals surface area contributed by atoms with Crippen LogP contribution in [0, 0.1) is 0 Å². The minimum Gasteiger partial charge on any atom is -0.310 e. The standard InChI is InChI=1S/C102H83BN4/c1-100(2,3)72-58-81(68-38-20-12-21-39-68)98(82(59-72)69-40-22-13-23-41-69)106-91-64-75(104-87-50-30-28-46-79(87)95-77(48-32-52-89(95)104)66-34-16-10-17-35-66)54-56-85(91)103-86-57-55-76(105-88-51-31-29-47-80(88)96-78(49-33-53-90(96)105)67-36-18-11-19-37-67)65-92(86)107(94-63-74(102(7,8)9)62-93(106)97(94)103)99-83(70-42-24-14-25-43-70)60-73(101(4,5)6)61-84(99)71-44-26-15-27-45-71/h10-65H,1-9H3/i10D,11D,16D,17D,18D,19D,28D,29D,30D,31D,32D,33D,34D,35D,36D,37D,46D,47D,48D,49D,50D,51D,52D,53D,54D,55D,56D,57D,64D,65D. The van der Waals surface area contributed by atoms with E-state index < -0.39 is 281 Å². The van der Waals surface area contributed by atoms with E-state index in [2.05, 4.69) is 0 Å². The minimum absolute atomic E-state index is 0.193. The van der Waals surface area contributed by atoms with Gasteiger partial charge in [-0.2, -0.15) is 0 Å². The predicted octanol–water partition coefficient (Wildman–Crippen LogP) is 25.9. The van der Waals surface area contributed by atoms with Crippen molar-refractivity contribution < 1.29 is 41.1 Å². The molecule has 0 atom stereocenters. The first-order chi connectivity index (χ1) is 64.5. The highest BCUT2D eigenvalue weighted by Gasteiger charge is 2.47. The van der Waals surface area contributed by atoms with E-state index in [1.807, 2.05) is 220 Å². The maximum Gasteiger partial charge on any atom is 0.252 e. The summed E-state index contributed by atoms with van der Waals surface area (Å²) in [5, 5.41) is -2.14. The smallest absolute Gasteiger partial charge is 0.252 e. The molecule has 0 saturated carbocycles. The minimum atomic E-state index is -1.81. The second-order valence-corrected chi connectivity index (χ2v) is 30.1. The van der Waals surface area contributed by atoms with Gasteiger partial charge in [-0.05, 0) is 179 Å². The molecule has 15 aromatic carbocycles. The molecule has 0 radical (unpaired) electrons. The van der Waals surface area contributed by atoms with Gasteiger partial charge < -0.3 is 18.9 Å². The maximum absolute atomic E-state index is 12.0. The van der Waals surface area contributed by atoms with Crippen LogP contribution in [0.15, 0.2) is 339 Å². The monoisotopic (exact) mass is 1400 g/mol. The molecule has 4 nitrogen and oxygen atoms in total. The molecule has 2 aliphatic rings. The van der Waals surface area contributed by atoms with Gasteiger partial charge in [-0.25, -0.2) is 0 Å². The first-order valence-corrected chi connectivity index (χ1v) is 35.4. The number of aromatic nitrogens is 2. The summed E-state index contributed by atoms with van der Waals surface area (Å²) >= 11 is 0. The first kappa shape index (κ1) is 40.7. The second kappa shape index (κ2) is 25.1. The van der Waals surface area contributed by atoms with Gasteiger partial charge in [-0.15, -0.1) is 0 Å². The molecule has 5 heteroatoms. The van der Waals surface area contributed by atoms with Gasteiger partial charge in [0.15, 0.2) is 0 Å². The zero-order chi connectivity index (χ0) is 98.7. The molecule has 0 unspecified atom stereocenters. The van der Waals surface area contributed by atoms with Crippen LogP contribution in [-0.4, -0.2) is 15.8 Å². The largest absolute Gasteiger partial charge is 0.310 e. The number of para-hydroxylation sites is 2. The van der Waals surface area contributed by atoms with Crippen molar-refractivity contribution in [3.8, 4) is 78.1 Å². The van der Waals surface area contributed by atoms with Gasteiger partial charge in [0.25, 0.3) is 6.71 Å². The zero-order valence-corrected chi connectivity index (χ0v) is 59.9. The lowest BCUT2D eigenvalue weighted by atomic mass is 9.33. The van der Waals surface area contributed by atoms with E-state index in [0.29, 0.717) is 61.4 Å². The number of anilines is 6. The molecule has 19 rings (SSSR count). The van der Waals surface area contributed by atoms with E-state index in [9.17, 15) is 32.9 Å². The van der Waals surface area contributed by atoms with Crippen LogP contribution >= 0.6 is 0 Å². The van der Waals surface area contributed by atoms with Crippen molar-refractivity contribution in [1.82, 2.24) is 9.13 Å². The summed E-state index contributed by atoms with van der Waals surface area (Å²) in [6.45, 7) is 16.4. The number of fused-ring (bicyclic) bond motifs is 10. The second-order valence-electron chi connectivity index (χ2n) is 30.1. The average molecular weight is 1410 g/mol. The van der Waals surface area contributed by atoms with Crippen molar-refractivity contribution in [2.24, 2.45) is 0 Å². The normalized spacial score (nSPS) is 16.8. The van der Waals surface area contributed by atoms with Crippen molar-refractivity contribution in [2.75, 3.05) is 9.80 Å².